The summed E-state index contributed by atoms with van der Waals surface area (Å²) in [6.45, 7) is 3.74. The Balaban J connectivity index is 1.37. The lowest BCUT2D eigenvalue weighted by atomic mass is 10.2. The number of aliphatic hydroxyl groups is 1. The highest BCUT2D eigenvalue weighted by Crippen LogP contribution is 2.37. The van der Waals surface area contributed by atoms with Gasteiger partial charge in [0.05, 0.1) is 40.3 Å². The first-order chi connectivity index (χ1) is 17.0. The van der Waals surface area contributed by atoms with Gasteiger partial charge in [-0.3, -0.25) is 14.9 Å². The Kier molecular flexibility index (Phi) is 7.26. The van der Waals surface area contributed by atoms with Gasteiger partial charge < -0.3 is 10.8 Å². The number of halogens is 1. The van der Waals surface area contributed by atoms with Crippen LogP contribution in [0.2, 0.25) is 5.02 Å². The first kappa shape index (κ1) is 24.1. The van der Waals surface area contributed by atoms with Crippen molar-refractivity contribution >= 4 is 40.5 Å². The van der Waals surface area contributed by atoms with Gasteiger partial charge in [-0.05, 0) is 56.3 Å². The number of anilines is 1. The van der Waals surface area contributed by atoms with Crippen molar-refractivity contribution < 1.29 is 5.11 Å². The number of thiazole rings is 1. The molecule has 0 radical (unpaired) electrons. The minimum absolute atomic E-state index is 0.174. The Morgan fingerprint density at radius 3 is 2.80 bits per heavy atom. The van der Waals surface area contributed by atoms with Gasteiger partial charge in [0.25, 0.3) is 0 Å². The van der Waals surface area contributed by atoms with Crippen LogP contribution in [-0.4, -0.2) is 54.1 Å². The van der Waals surface area contributed by atoms with E-state index < -0.39 is 0 Å². The van der Waals surface area contributed by atoms with Crippen molar-refractivity contribution in [3.63, 3.8) is 0 Å². The normalized spacial score (nSPS) is 16.1. The zero-order valence-electron chi connectivity index (χ0n) is 19.1. The van der Waals surface area contributed by atoms with Crippen LogP contribution >= 0.6 is 34.7 Å². The van der Waals surface area contributed by atoms with E-state index in [0.29, 0.717) is 38.9 Å². The molecule has 180 valence electrons. The maximum Gasteiger partial charge on any atom is 0.193 e. The SMILES string of the molecule is Cc1cc(-c2sc(-c3cnc(CN4CCC[C@H]4CO)cn3)nc2N)nc(Sc2ccccc2Cl)n1. The van der Waals surface area contributed by atoms with E-state index in [1.54, 1.807) is 12.4 Å². The van der Waals surface area contributed by atoms with Crippen molar-refractivity contribution in [1.29, 1.82) is 0 Å². The van der Waals surface area contributed by atoms with Crippen molar-refractivity contribution in [2.45, 2.75) is 42.4 Å². The molecule has 0 unspecified atom stereocenters. The zero-order valence-corrected chi connectivity index (χ0v) is 21.4. The molecule has 1 atom stereocenters. The molecule has 3 aromatic heterocycles. The Bertz CT molecular complexity index is 1330. The van der Waals surface area contributed by atoms with Gasteiger partial charge in [0.1, 0.15) is 16.5 Å². The van der Waals surface area contributed by atoms with Gasteiger partial charge in [0.15, 0.2) is 5.16 Å². The number of aryl methyl sites for hydroxylation is 1. The average molecular weight is 526 g/mol. The molecule has 3 N–H and O–H groups in total. The lowest BCUT2D eigenvalue weighted by Crippen LogP contribution is -2.31. The third-order valence-corrected chi connectivity index (χ3v) is 8.26. The van der Waals surface area contributed by atoms with Crippen LogP contribution in [0.5, 0.6) is 0 Å². The van der Waals surface area contributed by atoms with Gasteiger partial charge >= 0.3 is 0 Å². The Morgan fingerprint density at radius 2 is 2.03 bits per heavy atom. The molecular weight excluding hydrogens is 502 g/mol. The van der Waals surface area contributed by atoms with Crippen molar-refractivity contribution in [3.05, 3.63) is 59.1 Å². The largest absolute Gasteiger partial charge is 0.395 e. The fraction of sp³-hybridized carbons (Fsp3) is 0.292. The first-order valence-electron chi connectivity index (χ1n) is 11.2. The van der Waals surface area contributed by atoms with E-state index in [2.05, 4.69) is 24.8 Å². The van der Waals surface area contributed by atoms with E-state index in [0.717, 1.165) is 40.5 Å². The molecule has 4 heterocycles. The van der Waals surface area contributed by atoms with E-state index >= 15 is 0 Å². The second-order valence-corrected chi connectivity index (χ2v) is 10.7. The topological polar surface area (TPSA) is 114 Å². The summed E-state index contributed by atoms with van der Waals surface area (Å²) in [5, 5.41) is 11.5. The summed E-state index contributed by atoms with van der Waals surface area (Å²) in [4.78, 5) is 26.9. The van der Waals surface area contributed by atoms with E-state index in [1.165, 1.54) is 23.1 Å². The number of hydrogen-bond acceptors (Lipinski definition) is 10. The molecule has 11 heteroatoms. The van der Waals surface area contributed by atoms with Crippen LogP contribution in [0.15, 0.2) is 52.8 Å². The molecule has 0 aliphatic carbocycles. The van der Waals surface area contributed by atoms with Crippen molar-refractivity contribution in [2.75, 3.05) is 18.9 Å². The van der Waals surface area contributed by atoms with Gasteiger partial charge in [-0.2, -0.15) is 0 Å². The van der Waals surface area contributed by atoms with Crippen molar-refractivity contribution in [2.24, 2.45) is 0 Å². The highest BCUT2D eigenvalue weighted by Gasteiger charge is 2.24. The van der Waals surface area contributed by atoms with Gasteiger partial charge in [-0.15, -0.1) is 11.3 Å². The Hall–Kier alpha value is -2.63. The summed E-state index contributed by atoms with van der Waals surface area (Å²) in [5.74, 6) is 0.394. The van der Waals surface area contributed by atoms with Gasteiger partial charge in [0, 0.05) is 23.2 Å². The number of nitrogens with two attached hydrogens (primary N) is 1. The molecule has 8 nitrogen and oxygen atoms in total. The van der Waals surface area contributed by atoms with Gasteiger partial charge in [-0.1, -0.05) is 23.7 Å². The van der Waals surface area contributed by atoms with Crippen molar-refractivity contribution in [3.8, 4) is 21.3 Å². The number of rotatable bonds is 7. The summed E-state index contributed by atoms with van der Waals surface area (Å²) in [6, 6.07) is 9.70. The summed E-state index contributed by atoms with van der Waals surface area (Å²) in [7, 11) is 0. The molecule has 1 saturated heterocycles. The lowest BCUT2D eigenvalue weighted by Gasteiger charge is -2.21. The number of hydrogen-bond donors (Lipinski definition) is 2. The lowest BCUT2D eigenvalue weighted by molar-refractivity contribution is 0.152. The summed E-state index contributed by atoms with van der Waals surface area (Å²) in [6.07, 6.45) is 5.61. The smallest absolute Gasteiger partial charge is 0.193 e. The van der Waals surface area contributed by atoms with Crippen molar-refractivity contribution in [1.82, 2.24) is 29.8 Å². The Labute approximate surface area is 216 Å². The molecule has 35 heavy (non-hydrogen) atoms. The monoisotopic (exact) mass is 525 g/mol. The van der Waals surface area contributed by atoms with E-state index in [-0.39, 0.29) is 12.6 Å². The molecule has 0 bridgehead atoms. The van der Waals surface area contributed by atoms with Gasteiger partial charge in [0.2, 0.25) is 0 Å². The second kappa shape index (κ2) is 10.5. The second-order valence-electron chi connectivity index (χ2n) is 8.29. The molecule has 4 aromatic rings. The van der Waals surface area contributed by atoms with Crippen LogP contribution in [-0.2, 0) is 6.54 Å². The maximum atomic E-state index is 9.54. The van der Waals surface area contributed by atoms with Gasteiger partial charge in [-0.25, -0.2) is 15.0 Å². The highest BCUT2D eigenvalue weighted by molar-refractivity contribution is 7.99. The molecule has 5 rings (SSSR count). The molecular formula is C24H24ClN7OS2. The molecule has 0 amide bonds. The highest BCUT2D eigenvalue weighted by atomic mass is 35.5. The number of benzene rings is 1. The minimum Gasteiger partial charge on any atom is -0.395 e. The Morgan fingerprint density at radius 1 is 1.17 bits per heavy atom. The third kappa shape index (κ3) is 5.46. The predicted molar refractivity (Wildman–Crippen MR) is 139 cm³/mol. The average Bonchev–Trinajstić information content (AvgIpc) is 3.47. The fourth-order valence-corrected chi connectivity index (χ4v) is 6.02. The molecule has 1 aromatic carbocycles. The number of aliphatic hydroxyl groups excluding tert-OH is 1. The number of nitrogens with zero attached hydrogens (tertiary/aromatic N) is 6. The molecule has 0 spiro atoms. The van der Waals surface area contributed by atoms with E-state index in [9.17, 15) is 5.11 Å². The van der Waals surface area contributed by atoms with Crippen LogP contribution in [0.3, 0.4) is 0 Å². The van der Waals surface area contributed by atoms with E-state index in [1.807, 2.05) is 37.3 Å². The first-order valence-corrected chi connectivity index (χ1v) is 13.2. The number of nitrogen functional groups attached to an aromatic ring is 1. The number of likely N-dealkylation sites (tertiary alicyclic amines) is 1. The standard InChI is InChI=1S/C24H24ClN7OS2/c1-14-9-18(30-24(29-14)34-20-7-3-2-6-17(20)25)21-22(26)31-23(35-21)19-11-27-15(10-28-19)12-32-8-4-5-16(32)13-33/h2-3,6-7,9-11,16,33H,4-5,8,12-13,26H2,1H3/t16-/m0/s1. The molecule has 1 aliphatic heterocycles. The zero-order chi connectivity index (χ0) is 24.4. The summed E-state index contributed by atoms with van der Waals surface area (Å²) in [5.41, 5.74) is 9.35. The van der Waals surface area contributed by atoms with E-state index in [4.69, 9.17) is 22.3 Å². The molecule has 1 aliphatic rings. The molecule has 0 saturated carbocycles. The van der Waals surface area contributed by atoms with Crippen LogP contribution < -0.4 is 5.73 Å². The predicted octanol–water partition coefficient (Wildman–Crippen LogP) is 4.71. The molecule has 1 fully saturated rings. The summed E-state index contributed by atoms with van der Waals surface area (Å²) < 4.78 is 0. The van der Waals surface area contributed by atoms with Crippen LogP contribution in [0.25, 0.3) is 21.3 Å². The minimum atomic E-state index is 0.174. The third-order valence-electron chi connectivity index (χ3n) is 5.76. The van der Waals surface area contributed by atoms with Crippen LogP contribution in [0.4, 0.5) is 5.82 Å². The maximum absolute atomic E-state index is 9.54. The van der Waals surface area contributed by atoms with Crippen LogP contribution in [0, 0.1) is 6.92 Å². The fourth-order valence-electron chi connectivity index (χ4n) is 4.02. The summed E-state index contributed by atoms with van der Waals surface area (Å²) >= 11 is 9.15. The number of aromatic nitrogens is 5. The quantitative estimate of drug-likeness (QED) is 0.331. The van der Waals surface area contributed by atoms with Crippen LogP contribution in [0.1, 0.15) is 24.2 Å².